The van der Waals surface area contributed by atoms with Gasteiger partial charge < -0.3 is 14.2 Å². The first kappa shape index (κ1) is 19.0. The molecule has 0 bridgehead atoms. The summed E-state index contributed by atoms with van der Waals surface area (Å²) in [5, 5.41) is 8.59. The van der Waals surface area contributed by atoms with Gasteiger partial charge in [-0.05, 0) is 45.2 Å². The molecule has 0 aromatic carbocycles. The average molecular weight is 407 g/mol. The molecule has 0 amide bonds. The zero-order chi connectivity index (χ0) is 20.7. The van der Waals surface area contributed by atoms with E-state index in [9.17, 15) is 4.79 Å². The maximum absolute atomic E-state index is 12.8. The van der Waals surface area contributed by atoms with Crippen molar-refractivity contribution in [1.29, 1.82) is 0 Å². The Labute approximate surface area is 174 Å². The molecule has 0 atom stereocenters. The fourth-order valence-electron chi connectivity index (χ4n) is 4.27. The molecule has 156 valence electrons. The van der Waals surface area contributed by atoms with Crippen LogP contribution >= 0.6 is 0 Å². The van der Waals surface area contributed by atoms with E-state index in [2.05, 4.69) is 20.1 Å². The predicted octanol–water partition coefficient (Wildman–Crippen LogP) is 2.72. The summed E-state index contributed by atoms with van der Waals surface area (Å²) in [6.07, 6.45) is 6.97. The van der Waals surface area contributed by atoms with Crippen molar-refractivity contribution in [3.63, 3.8) is 0 Å². The second kappa shape index (κ2) is 7.36. The molecule has 0 N–H and O–H groups in total. The molecular weight excluding hydrogens is 382 g/mol. The van der Waals surface area contributed by atoms with Crippen molar-refractivity contribution in [2.45, 2.75) is 45.3 Å². The number of rotatable bonds is 4. The average Bonchev–Trinajstić information content (AvgIpc) is 3.09. The lowest BCUT2D eigenvalue weighted by Gasteiger charge is -2.52. The minimum absolute atomic E-state index is 0.0241. The first-order valence-corrected chi connectivity index (χ1v) is 10.4. The van der Waals surface area contributed by atoms with E-state index in [-0.39, 0.29) is 11.2 Å². The molecule has 2 aliphatic rings. The Morgan fingerprint density at radius 2 is 2.03 bits per heavy atom. The smallest absolute Gasteiger partial charge is 0.269 e. The molecule has 5 rings (SSSR count). The summed E-state index contributed by atoms with van der Waals surface area (Å²) >= 11 is 0. The zero-order valence-corrected chi connectivity index (χ0v) is 17.3. The van der Waals surface area contributed by atoms with E-state index in [4.69, 9.17) is 9.26 Å². The van der Waals surface area contributed by atoms with Gasteiger partial charge >= 0.3 is 0 Å². The molecule has 5 heterocycles. The predicted molar refractivity (Wildman–Crippen MR) is 112 cm³/mol. The normalized spacial score (nSPS) is 17.9. The molecule has 2 fully saturated rings. The van der Waals surface area contributed by atoms with E-state index in [0.29, 0.717) is 18.0 Å². The Kier molecular flexibility index (Phi) is 4.66. The molecular formula is C22H25N5O3. The van der Waals surface area contributed by atoms with Gasteiger partial charge in [0, 0.05) is 48.8 Å². The van der Waals surface area contributed by atoms with Gasteiger partial charge in [-0.3, -0.25) is 9.78 Å². The van der Waals surface area contributed by atoms with Crippen LogP contribution in [0.2, 0.25) is 0 Å². The fraction of sp³-hybridized carbons (Fsp3) is 0.455. The van der Waals surface area contributed by atoms with E-state index in [1.807, 2.05) is 26.0 Å². The first-order chi connectivity index (χ1) is 14.5. The van der Waals surface area contributed by atoms with Gasteiger partial charge in [-0.25, -0.2) is 4.68 Å². The number of anilines is 1. The first-order valence-electron chi connectivity index (χ1n) is 10.4. The third-order valence-corrected chi connectivity index (χ3v) is 6.09. The summed E-state index contributed by atoms with van der Waals surface area (Å²) in [5.74, 6) is 0.669. The van der Waals surface area contributed by atoms with Crippen molar-refractivity contribution < 1.29 is 9.26 Å². The van der Waals surface area contributed by atoms with Gasteiger partial charge in [-0.15, -0.1) is 0 Å². The Balaban J connectivity index is 1.35. The fourth-order valence-corrected chi connectivity index (χ4v) is 4.27. The highest BCUT2D eigenvalue weighted by atomic mass is 16.5. The Hall–Kier alpha value is -3.00. The third kappa shape index (κ3) is 3.41. The summed E-state index contributed by atoms with van der Waals surface area (Å²) in [4.78, 5) is 19.3. The van der Waals surface area contributed by atoms with Crippen molar-refractivity contribution in [2.24, 2.45) is 0 Å². The standard InChI is InChI=1S/C22H25N5O3/c1-15-5-6-17(10-23-15)21-19(16(2)30-25-21)12-27-20(28)9-18(11-24-27)26-13-22(14-26)7-3-4-8-29-22/h5-6,9-11H,3-4,7-8,12-14H2,1-2H3. The molecule has 3 aromatic rings. The van der Waals surface area contributed by atoms with Gasteiger partial charge in [-0.2, -0.15) is 5.10 Å². The number of aromatic nitrogens is 4. The van der Waals surface area contributed by atoms with Crippen molar-refractivity contribution in [2.75, 3.05) is 24.6 Å². The molecule has 8 nitrogen and oxygen atoms in total. The van der Waals surface area contributed by atoms with E-state index in [1.165, 1.54) is 11.1 Å². The van der Waals surface area contributed by atoms with Crippen LogP contribution in [0, 0.1) is 13.8 Å². The van der Waals surface area contributed by atoms with Gasteiger partial charge in [0.2, 0.25) is 0 Å². The molecule has 0 radical (unpaired) electrons. The lowest BCUT2D eigenvalue weighted by atomic mass is 9.86. The van der Waals surface area contributed by atoms with Crippen LogP contribution in [-0.2, 0) is 11.3 Å². The Morgan fingerprint density at radius 3 is 2.73 bits per heavy atom. The van der Waals surface area contributed by atoms with Crippen molar-refractivity contribution in [1.82, 2.24) is 19.9 Å². The SMILES string of the molecule is Cc1ccc(-c2noc(C)c2Cn2ncc(N3CC4(CCCCO4)C3)cc2=O)cn1. The largest absolute Gasteiger partial charge is 0.371 e. The van der Waals surface area contributed by atoms with E-state index in [1.54, 1.807) is 18.5 Å². The van der Waals surface area contributed by atoms with Crippen molar-refractivity contribution >= 4 is 5.69 Å². The van der Waals surface area contributed by atoms with Gasteiger partial charge in [0.15, 0.2) is 0 Å². The van der Waals surface area contributed by atoms with Crippen LogP contribution in [0.5, 0.6) is 0 Å². The highest BCUT2D eigenvalue weighted by Gasteiger charge is 2.45. The number of ether oxygens (including phenoxy) is 1. The van der Waals surface area contributed by atoms with Crippen LogP contribution in [0.3, 0.4) is 0 Å². The third-order valence-electron chi connectivity index (χ3n) is 6.09. The number of aryl methyl sites for hydroxylation is 2. The summed E-state index contributed by atoms with van der Waals surface area (Å²) in [7, 11) is 0. The number of hydrogen-bond acceptors (Lipinski definition) is 7. The van der Waals surface area contributed by atoms with Gasteiger partial charge in [0.25, 0.3) is 5.56 Å². The summed E-state index contributed by atoms with van der Waals surface area (Å²) in [5.41, 5.74) is 3.99. The Morgan fingerprint density at radius 1 is 1.17 bits per heavy atom. The minimum atomic E-state index is -0.147. The second-order valence-electron chi connectivity index (χ2n) is 8.31. The van der Waals surface area contributed by atoms with Crippen LogP contribution in [0.25, 0.3) is 11.3 Å². The maximum atomic E-state index is 12.8. The molecule has 1 spiro atoms. The van der Waals surface area contributed by atoms with Crippen LogP contribution in [0.4, 0.5) is 5.69 Å². The summed E-state index contributed by atoms with van der Waals surface area (Å²) in [6.45, 7) is 6.57. The zero-order valence-electron chi connectivity index (χ0n) is 17.3. The van der Waals surface area contributed by atoms with Gasteiger partial charge in [0.05, 0.1) is 18.4 Å². The molecule has 0 aliphatic carbocycles. The van der Waals surface area contributed by atoms with Crippen molar-refractivity contribution in [3.05, 3.63) is 58.0 Å². The number of pyridine rings is 1. The number of nitrogens with zero attached hydrogens (tertiary/aromatic N) is 5. The summed E-state index contributed by atoms with van der Waals surface area (Å²) < 4.78 is 12.8. The van der Waals surface area contributed by atoms with Crippen LogP contribution in [0.15, 0.2) is 39.9 Å². The minimum Gasteiger partial charge on any atom is -0.371 e. The quantitative estimate of drug-likeness (QED) is 0.657. The topological polar surface area (TPSA) is 86.3 Å². The molecule has 2 aliphatic heterocycles. The number of hydrogen-bond donors (Lipinski definition) is 0. The molecule has 8 heteroatoms. The van der Waals surface area contributed by atoms with E-state index >= 15 is 0 Å². The van der Waals surface area contributed by atoms with Gasteiger partial charge in [-0.1, -0.05) is 5.16 Å². The van der Waals surface area contributed by atoms with Crippen LogP contribution in [0.1, 0.15) is 36.3 Å². The monoisotopic (exact) mass is 407 g/mol. The maximum Gasteiger partial charge on any atom is 0.269 e. The van der Waals surface area contributed by atoms with Gasteiger partial charge in [0.1, 0.15) is 17.1 Å². The highest BCUT2D eigenvalue weighted by Crippen LogP contribution is 2.36. The highest BCUT2D eigenvalue weighted by molar-refractivity contribution is 5.62. The van der Waals surface area contributed by atoms with Crippen LogP contribution in [-0.4, -0.2) is 45.2 Å². The van der Waals surface area contributed by atoms with E-state index in [0.717, 1.165) is 55.0 Å². The van der Waals surface area contributed by atoms with Crippen LogP contribution < -0.4 is 10.5 Å². The molecule has 30 heavy (non-hydrogen) atoms. The molecule has 0 unspecified atom stereocenters. The molecule has 2 saturated heterocycles. The van der Waals surface area contributed by atoms with E-state index < -0.39 is 0 Å². The molecule has 3 aromatic heterocycles. The Bertz CT molecular complexity index is 1100. The lowest BCUT2D eigenvalue weighted by Crippen LogP contribution is -2.64. The summed E-state index contributed by atoms with van der Waals surface area (Å²) in [6, 6.07) is 5.53. The lowest BCUT2D eigenvalue weighted by molar-refractivity contribution is -0.0949. The van der Waals surface area contributed by atoms with Crippen molar-refractivity contribution in [3.8, 4) is 11.3 Å². The second-order valence-corrected chi connectivity index (χ2v) is 8.31. The molecule has 0 saturated carbocycles.